The van der Waals surface area contributed by atoms with E-state index in [1.165, 1.54) is 5.56 Å². The molecule has 1 N–H and O–H groups in total. The van der Waals surface area contributed by atoms with Crippen molar-refractivity contribution in [2.75, 3.05) is 43.0 Å². The van der Waals surface area contributed by atoms with Crippen LogP contribution >= 0.6 is 11.6 Å². The van der Waals surface area contributed by atoms with Gasteiger partial charge >= 0.3 is 0 Å². The summed E-state index contributed by atoms with van der Waals surface area (Å²) in [5, 5.41) is 3.38. The van der Waals surface area contributed by atoms with Gasteiger partial charge in [-0.2, -0.15) is 0 Å². The number of aryl methyl sites for hydroxylation is 2. The summed E-state index contributed by atoms with van der Waals surface area (Å²) in [6.45, 7) is 6.54. The van der Waals surface area contributed by atoms with Crippen molar-refractivity contribution in [3.63, 3.8) is 0 Å². The lowest BCUT2D eigenvalue weighted by molar-refractivity contribution is -0.126. The van der Waals surface area contributed by atoms with Crippen LogP contribution in [0.2, 0.25) is 5.02 Å². The highest BCUT2D eigenvalue weighted by molar-refractivity contribution is 6.33. The molecule has 0 radical (unpaired) electrons. The molecule has 1 saturated heterocycles. The minimum Gasteiger partial charge on any atom is -0.484 e. The van der Waals surface area contributed by atoms with Crippen LogP contribution in [0.15, 0.2) is 72.8 Å². The minimum atomic E-state index is -0.257. The van der Waals surface area contributed by atoms with Crippen LogP contribution in [0, 0.1) is 13.8 Å². The van der Waals surface area contributed by atoms with Crippen LogP contribution in [0.25, 0.3) is 6.08 Å². The zero-order chi connectivity index (χ0) is 25.5. The number of benzene rings is 3. The third-order valence-electron chi connectivity index (χ3n) is 6.23. The molecule has 1 heterocycles. The SMILES string of the molecule is Cc1ccc(OCC(=O)Nc2ccc(N3CCN(C(=O)/C=C/c4ccccc4)CC3)c(Cl)c2)cc1C. The van der Waals surface area contributed by atoms with Gasteiger partial charge in [0.15, 0.2) is 6.61 Å². The maximum Gasteiger partial charge on any atom is 0.262 e. The van der Waals surface area contributed by atoms with Crippen molar-refractivity contribution in [1.29, 1.82) is 0 Å². The average Bonchev–Trinajstić information content (AvgIpc) is 2.89. The summed E-state index contributed by atoms with van der Waals surface area (Å²) in [6, 6.07) is 21.0. The summed E-state index contributed by atoms with van der Waals surface area (Å²) in [5.74, 6) is 0.410. The van der Waals surface area contributed by atoms with Gasteiger partial charge in [-0.1, -0.05) is 48.0 Å². The number of hydrogen-bond donors (Lipinski definition) is 1. The molecule has 1 fully saturated rings. The van der Waals surface area contributed by atoms with E-state index in [1.54, 1.807) is 12.1 Å². The molecular formula is C29H30ClN3O3. The van der Waals surface area contributed by atoms with E-state index in [1.807, 2.05) is 85.5 Å². The molecular weight excluding hydrogens is 474 g/mol. The van der Waals surface area contributed by atoms with Gasteiger partial charge in [0.2, 0.25) is 5.91 Å². The lowest BCUT2D eigenvalue weighted by atomic mass is 10.1. The first-order valence-corrected chi connectivity index (χ1v) is 12.3. The predicted molar refractivity (Wildman–Crippen MR) is 146 cm³/mol. The predicted octanol–water partition coefficient (Wildman–Crippen LogP) is 5.34. The van der Waals surface area contributed by atoms with Gasteiger partial charge in [0.25, 0.3) is 5.91 Å². The van der Waals surface area contributed by atoms with E-state index in [-0.39, 0.29) is 18.4 Å². The third kappa shape index (κ3) is 6.67. The smallest absolute Gasteiger partial charge is 0.262 e. The molecule has 0 saturated carbocycles. The average molecular weight is 504 g/mol. The summed E-state index contributed by atoms with van der Waals surface area (Å²) < 4.78 is 5.61. The summed E-state index contributed by atoms with van der Waals surface area (Å²) in [6.07, 6.45) is 3.46. The molecule has 6 nitrogen and oxygen atoms in total. The standard InChI is InChI=1S/C29H30ClN3O3/c1-21-8-11-25(18-22(21)2)36-20-28(34)31-24-10-12-27(26(30)19-24)32-14-16-33(17-15-32)29(35)13-9-23-6-4-3-5-7-23/h3-13,18-19H,14-17,20H2,1-2H3,(H,31,34)/b13-9+. The Morgan fingerprint density at radius 2 is 1.69 bits per heavy atom. The highest BCUT2D eigenvalue weighted by atomic mass is 35.5. The normalized spacial score (nSPS) is 13.6. The second-order valence-corrected chi connectivity index (χ2v) is 9.21. The second kappa shape index (κ2) is 11.8. The molecule has 7 heteroatoms. The Labute approximate surface area is 217 Å². The Morgan fingerprint density at radius 3 is 2.39 bits per heavy atom. The molecule has 0 bridgehead atoms. The molecule has 3 aromatic rings. The number of anilines is 2. The number of halogens is 1. The monoisotopic (exact) mass is 503 g/mol. The summed E-state index contributed by atoms with van der Waals surface area (Å²) in [5.41, 5.74) is 4.78. The quantitative estimate of drug-likeness (QED) is 0.442. The van der Waals surface area contributed by atoms with Gasteiger partial charge in [-0.15, -0.1) is 0 Å². The number of ether oxygens (including phenoxy) is 1. The molecule has 36 heavy (non-hydrogen) atoms. The number of nitrogens with one attached hydrogen (secondary N) is 1. The molecule has 0 aromatic heterocycles. The van der Waals surface area contributed by atoms with Gasteiger partial charge in [-0.3, -0.25) is 9.59 Å². The fourth-order valence-corrected chi connectivity index (χ4v) is 4.30. The van der Waals surface area contributed by atoms with Crippen LogP contribution in [0.5, 0.6) is 5.75 Å². The van der Waals surface area contributed by atoms with Crippen molar-refractivity contribution in [2.45, 2.75) is 13.8 Å². The number of carbonyl (C=O) groups is 2. The van der Waals surface area contributed by atoms with Gasteiger partial charge in [0.1, 0.15) is 5.75 Å². The van der Waals surface area contributed by atoms with E-state index in [0.29, 0.717) is 42.6 Å². The summed E-state index contributed by atoms with van der Waals surface area (Å²) >= 11 is 6.55. The van der Waals surface area contributed by atoms with Gasteiger partial charge in [-0.25, -0.2) is 0 Å². The number of nitrogens with zero attached hydrogens (tertiary/aromatic N) is 2. The number of carbonyl (C=O) groups excluding carboxylic acids is 2. The molecule has 0 atom stereocenters. The van der Waals surface area contributed by atoms with E-state index in [9.17, 15) is 9.59 Å². The first kappa shape index (κ1) is 25.3. The molecule has 4 rings (SSSR count). The lowest BCUT2D eigenvalue weighted by Gasteiger charge is -2.36. The Bertz CT molecular complexity index is 1250. The van der Waals surface area contributed by atoms with Crippen LogP contribution in [-0.4, -0.2) is 49.5 Å². The van der Waals surface area contributed by atoms with Crippen molar-refractivity contribution in [1.82, 2.24) is 4.90 Å². The Kier molecular flexibility index (Phi) is 8.28. The number of rotatable bonds is 7. The fraction of sp³-hybridized carbons (Fsp3) is 0.241. The molecule has 2 amide bonds. The van der Waals surface area contributed by atoms with Gasteiger partial charge in [-0.05, 0) is 66.9 Å². The van der Waals surface area contributed by atoms with Gasteiger partial charge < -0.3 is 19.9 Å². The van der Waals surface area contributed by atoms with Gasteiger partial charge in [0.05, 0.1) is 10.7 Å². The Hall–Kier alpha value is -3.77. The Morgan fingerprint density at radius 1 is 0.944 bits per heavy atom. The molecule has 0 spiro atoms. The zero-order valence-corrected chi connectivity index (χ0v) is 21.3. The summed E-state index contributed by atoms with van der Waals surface area (Å²) in [7, 11) is 0. The molecule has 3 aromatic carbocycles. The highest BCUT2D eigenvalue weighted by Crippen LogP contribution is 2.30. The van der Waals surface area contributed by atoms with Crippen LogP contribution in [0.1, 0.15) is 16.7 Å². The van der Waals surface area contributed by atoms with Gasteiger partial charge in [0, 0.05) is 37.9 Å². The molecule has 0 aliphatic carbocycles. The maximum atomic E-state index is 12.5. The molecule has 186 valence electrons. The van der Waals surface area contributed by atoms with E-state index >= 15 is 0 Å². The van der Waals surface area contributed by atoms with Crippen LogP contribution in [0.4, 0.5) is 11.4 Å². The number of hydrogen-bond acceptors (Lipinski definition) is 4. The van der Waals surface area contributed by atoms with Crippen LogP contribution in [-0.2, 0) is 9.59 Å². The highest BCUT2D eigenvalue weighted by Gasteiger charge is 2.21. The van der Waals surface area contributed by atoms with E-state index < -0.39 is 0 Å². The van der Waals surface area contributed by atoms with E-state index in [4.69, 9.17) is 16.3 Å². The number of amides is 2. The zero-order valence-electron chi connectivity index (χ0n) is 20.5. The largest absolute Gasteiger partial charge is 0.484 e. The van der Waals surface area contributed by atoms with Crippen LogP contribution < -0.4 is 15.0 Å². The third-order valence-corrected chi connectivity index (χ3v) is 6.53. The van der Waals surface area contributed by atoms with Crippen molar-refractivity contribution in [2.24, 2.45) is 0 Å². The maximum absolute atomic E-state index is 12.5. The number of piperazine rings is 1. The van der Waals surface area contributed by atoms with Crippen molar-refractivity contribution >= 4 is 40.9 Å². The second-order valence-electron chi connectivity index (χ2n) is 8.81. The molecule has 0 unspecified atom stereocenters. The Balaban J connectivity index is 1.27. The first-order valence-electron chi connectivity index (χ1n) is 12.0. The minimum absolute atomic E-state index is 0.00526. The molecule has 1 aliphatic rings. The molecule has 1 aliphatic heterocycles. The summed E-state index contributed by atoms with van der Waals surface area (Å²) in [4.78, 5) is 28.9. The van der Waals surface area contributed by atoms with Crippen LogP contribution in [0.3, 0.4) is 0 Å². The lowest BCUT2D eigenvalue weighted by Crippen LogP contribution is -2.48. The van der Waals surface area contributed by atoms with Crippen molar-refractivity contribution < 1.29 is 14.3 Å². The fourth-order valence-electron chi connectivity index (χ4n) is 4.00. The van der Waals surface area contributed by atoms with E-state index in [0.717, 1.165) is 16.8 Å². The van der Waals surface area contributed by atoms with Crippen molar-refractivity contribution in [3.8, 4) is 5.75 Å². The van der Waals surface area contributed by atoms with Crippen molar-refractivity contribution in [3.05, 3.63) is 94.5 Å². The first-order chi connectivity index (χ1) is 17.4. The van der Waals surface area contributed by atoms with E-state index in [2.05, 4.69) is 10.2 Å². The topological polar surface area (TPSA) is 61.9 Å².